The molecule has 2 saturated heterocycles. The summed E-state index contributed by atoms with van der Waals surface area (Å²) in [4.78, 5) is 73.7. The maximum Gasteiger partial charge on any atom is 0.417 e. The lowest BCUT2D eigenvalue weighted by Gasteiger charge is -2.50. The van der Waals surface area contributed by atoms with Crippen molar-refractivity contribution < 1.29 is 52.1 Å². The average Bonchev–Trinajstić information content (AvgIpc) is 3.49. The van der Waals surface area contributed by atoms with Crippen LogP contribution >= 0.6 is 23.2 Å². The Kier molecular flexibility index (Phi) is 9.37. The minimum Gasteiger partial charge on any atom is -0.504 e. The Balaban J connectivity index is 1.42. The number of aromatic hydroxyl groups is 1. The maximum atomic E-state index is 15.2. The minimum absolute atomic E-state index is 0.0775. The Bertz CT molecular complexity index is 2130. The molecule has 17 heteroatoms. The first-order chi connectivity index (χ1) is 25.6. The van der Waals surface area contributed by atoms with Gasteiger partial charge in [-0.15, -0.1) is 0 Å². The van der Waals surface area contributed by atoms with Crippen molar-refractivity contribution in [3.8, 4) is 11.5 Å². The summed E-state index contributed by atoms with van der Waals surface area (Å²) >= 11 is 12.5. The van der Waals surface area contributed by atoms with Gasteiger partial charge in [-0.3, -0.25) is 34.3 Å². The van der Waals surface area contributed by atoms with Crippen LogP contribution in [0.25, 0.3) is 0 Å². The number of aromatic nitrogens is 1. The molecular weight excluding hydrogens is 756 g/mol. The van der Waals surface area contributed by atoms with Crippen LogP contribution in [0.2, 0.25) is 10.0 Å². The van der Waals surface area contributed by atoms with Crippen molar-refractivity contribution in [1.82, 2.24) is 14.9 Å². The highest BCUT2D eigenvalue weighted by atomic mass is 35.5. The van der Waals surface area contributed by atoms with Crippen molar-refractivity contribution in [1.29, 1.82) is 0 Å². The second-order valence-electron chi connectivity index (χ2n) is 13.6. The lowest BCUT2D eigenvalue weighted by Crippen LogP contribution is -2.53. The van der Waals surface area contributed by atoms with Crippen molar-refractivity contribution in [2.45, 2.75) is 43.7 Å². The number of hydrogen-bond donors (Lipinski definition) is 3. The van der Waals surface area contributed by atoms with E-state index in [2.05, 4.69) is 10.4 Å². The maximum absolute atomic E-state index is 15.2. The highest BCUT2D eigenvalue weighted by molar-refractivity contribution is 6.33. The molecule has 2 aromatic carbocycles. The number of hydrazine groups is 1. The normalized spacial score (nSPS) is 26.3. The lowest BCUT2D eigenvalue weighted by atomic mass is 9.49. The van der Waals surface area contributed by atoms with Gasteiger partial charge in [0, 0.05) is 23.7 Å². The number of alkyl halides is 3. The first kappa shape index (κ1) is 37.2. The number of hydrogen-bond acceptors (Lipinski definition) is 9. The van der Waals surface area contributed by atoms with Crippen LogP contribution in [0.3, 0.4) is 0 Å². The zero-order chi connectivity index (χ0) is 38.9. The lowest BCUT2D eigenvalue weighted by molar-refractivity contribution is -0.143. The van der Waals surface area contributed by atoms with Gasteiger partial charge in [0.1, 0.15) is 0 Å². The molecule has 6 atom stereocenters. The van der Waals surface area contributed by atoms with Crippen LogP contribution in [0.5, 0.6) is 11.5 Å². The number of aliphatic carboxylic acids is 1. The molecule has 3 heterocycles. The first-order valence-electron chi connectivity index (χ1n) is 17.0. The van der Waals surface area contributed by atoms with E-state index >= 15 is 4.79 Å². The Hall–Kier alpha value is -5.15. The third-order valence-electron chi connectivity index (χ3n) is 10.8. The number of amides is 4. The van der Waals surface area contributed by atoms with Crippen LogP contribution < -0.4 is 10.2 Å². The number of carboxylic acids is 1. The van der Waals surface area contributed by atoms with Crippen LogP contribution in [-0.4, -0.2) is 67.9 Å². The van der Waals surface area contributed by atoms with Gasteiger partial charge in [0.25, 0.3) is 11.8 Å². The number of carbonyl (C=O) groups excluding carboxylic acids is 4. The molecule has 0 spiro atoms. The van der Waals surface area contributed by atoms with Crippen LogP contribution in [0, 0.1) is 23.7 Å². The first-order valence-corrected chi connectivity index (χ1v) is 17.7. The molecule has 0 bridgehead atoms. The van der Waals surface area contributed by atoms with Gasteiger partial charge < -0.3 is 14.9 Å². The zero-order valence-corrected chi connectivity index (χ0v) is 29.8. The van der Waals surface area contributed by atoms with Crippen molar-refractivity contribution in [3.63, 3.8) is 0 Å². The second-order valence-corrected chi connectivity index (χ2v) is 14.4. The van der Waals surface area contributed by atoms with Gasteiger partial charge >= 0.3 is 12.1 Å². The van der Waals surface area contributed by atoms with Crippen LogP contribution in [0.1, 0.15) is 48.8 Å². The Morgan fingerprint density at radius 3 is 2.41 bits per heavy atom. The van der Waals surface area contributed by atoms with E-state index in [0.29, 0.717) is 39.0 Å². The van der Waals surface area contributed by atoms with Crippen molar-refractivity contribution in [2.75, 3.05) is 18.6 Å². The Morgan fingerprint density at radius 2 is 1.76 bits per heavy atom. The van der Waals surface area contributed by atoms with Gasteiger partial charge in [-0.1, -0.05) is 53.1 Å². The number of nitrogens with zero attached hydrogens (tertiary/aromatic N) is 3. The molecule has 2 aliphatic heterocycles. The number of fused-ring (bicyclic) bond motifs is 4. The number of anilines is 1. The Labute approximate surface area is 315 Å². The summed E-state index contributed by atoms with van der Waals surface area (Å²) < 4.78 is 46.0. The molecule has 2 aliphatic carbocycles. The number of halogens is 5. The summed E-state index contributed by atoms with van der Waals surface area (Å²) in [6.45, 7) is 1.54. The highest BCUT2D eigenvalue weighted by Crippen LogP contribution is 2.64. The summed E-state index contributed by atoms with van der Waals surface area (Å²) in [6.07, 6.45) is -2.99. The third-order valence-corrected chi connectivity index (χ3v) is 11.4. The van der Waals surface area contributed by atoms with Gasteiger partial charge in [-0.2, -0.15) is 18.2 Å². The van der Waals surface area contributed by atoms with Gasteiger partial charge in [-0.25, -0.2) is 4.98 Å². The summed E-state index contributed by atoms with van der Waals surface area (Å²) in [5.41, 5.74) is 0.946. The van der Waals surface area contributed by atoms with Crippen LogP contribution in [0.4, 0.5) is 19.0 Å². The molecule has 1 saturated carbocycles. The molecule has 6 unspecified atom stereocenters. The summed E-state index contributed by atoms with van der Waals surface area (Å²) in [7, 11) is 0. The second kappa shape index (κ2) is 13.6. The van der Waals surface area contributed by atoms with Gasteiger partial charge in [0.05, 0.1) is 46.8 Å². The number of allylic oxidation sites excluding steroid dienone is 2. The molecule has 1 aromatic heterocycles. The molecular formula is C37H31Cl2F3N4O8. The number of ether oxygens (including phenoxy) is 1. The van der Waals surface area contributed by atoms with E-state index in [4.69, 9.17) is 27.9 Å². The molecule has 3 aromatic rings. The molecule has 3 fully saturated rings. The van der Waals surface area contributed by atoms with E-state index < -0.39 is 93.6 Å². The summed E-state index contributed by atoms with van der Waals surface area (Å²) in [5, 5.41) is 20.5. The predicted molar refractivity (Wildman–Crippen MR) is 185 cm³/mol. The average molecular weight is 788 g/mol. The highest BCUT2D eigenvalue weighted by Gasteiger charge is 2.70. The molecule has 4 aliphatic rings. The topological polar surface area (TPSA) is 166 Å². The monoisotopic (exact) mass is 786 g/mol. The molecule has 54 heavy (non-hydrogen) atoms. The van der Waals surface area contributed by atoms with E-state index in [-0.39, 0.29) is 37.5 Å². The third kappa shape index (κ3) is 5.84. The summed E-state index contributed by atoms with van der Waals surface area (Å²) in [6, 6.07) is 11.4. The number of pyridine rings is 1. The van der Waals surface area contributed by atoms with E-state index in [9.17, 15) is 42.6 Å². The number of rotatable bonds is 9. The molecule has 0 radical (unpaired) electrons. The number of carbonyl (C=O) groups is 5. The smallest absolute Gasteiger partial charge is 0.417 e. The van der Waals surface area contributed by atoms with Gasteiger partial charge in [-0.05, 0) is 67.1 Å². The number of phenols is 1. The largest absolute Gasteiger partial charge is 0.504 e. The van der Waals surface area contributed by atoms with E-state index in [0.717, 1.165) is 4.90 Å². The van der Waals surface area contributed by atoms with Gasteiger partial charge in [0.2, 0.25) is 11.8 Å². The number of carboxylic acid groups (broad SMARTS) is 1. The number of benzene rings is 2. The van der Waals surface area contributed by atoms with E-state index in [1.54, 1.807) is 43.3 Å². The minimum atomic E-state index is -4.77. The number of likely N-dealkylation sites (tertiary alicyclic amines) is 1. The fraction of sp³-hybridized carbons (Fsp3) is 0.351. The standard InChI is InChI=1S/C37H31Cl2F3N4O8/c1-2-54-27-13-17(3-10-26(27)47)30-21-8-9-22-29(34(52)45(32(22)50)12-11-28(48)49)23(21)15-24-33(51)46(35(53)36(24,30)18-4-6-20(38)7-5-18)44-31-25(39)14-19(16-43-31)37(40,41)42/h3-8,10,13-14,16,22-24,29-30,47H,2,9,11-12,15H2,1H3,(H,43,44)(H,48,49). The van der Waals surface area contributed by atoms with Crippen molar-refractivity contribution in [3.05, 3.63) is 93.1 Å². The van der Waals surface area contributed by atoms with Crippen molar-refractivity contribution >= 4 is 58.6 Å². The predicted octanol–water partition coefficient (Wildman–Crippen LogP) is 5.97. The molecule has 282 valence electrons. The fourth-order valence-corrected chi connectivity index (χ4v) is 8.97. The van der Waals surface area contributed by atoms with E-state index in [1.165, 1.54) is 12.1 Å². The van der Waals surface area contributed by atoms with Crippen LogP contribution in [0.15, 0.2) is 66.4 Å². The molecule has 7 rings (SSSR count). The molecule has 3 N–H and O–H groups in total. The van der Waals surface area contributed by atoms with Crippen molar-refractivity contribution in [2.24, 2.45) is 23.7 Å². The summed E-state index contributed by atoms with van der Waals surface area (Å²) in [5.74, 6) is -9.39. The fourth-order valence-electron chi connectivity index (χ4n) is 8.63. The quantitative estimate of drug-likeness (QED) is 0.174. The Morgan fingerprint density at radius 1 is 1.04 bits per heavy atom. The molecule has 4 amide bonds. The van der Waals surface area contributed by atoms with Gasteiger partial charge in [0.15, 0.2) is 17.3 Å². The SMILES string of the molecule is CCOc1cc(C2C3=CCC4C(=O)N(CCC(=O)O)C(=O)C4C3CC3C(=O)N(Nc4ncc(C(F)(F)F)cc4Cl)C(=O)C32c2ccc(Cl)cc2)ccc1O. The molecule has 12 nitrogen and oxygen atoms in total. The van der Waals surface area contributed by atoms with Crippen LogP contribution in [-0.2, 0) is 35.6 Å². The number of phenolic OH excluding ortho intramolecular Hbond substituents is 1. The number of imide groups is 2. The zero-order valence-electron chi connectivity index (χ0n) is 28.3. The van der Waals surface area contributed by atoms with E-state index in [1.807, 2.05) is 0 Å². The number of nitrogens with one attached hydrogen (secondary N) is 1.